The molecule has 0 saturated heterocycles. The molecule has 8 nitrogen and oxygen atoms in total. The number of halogens is 2. The molecular formula is C29H33Cl2N3O5S. The summed E-state index contributed by atoms with van der Waals surface area (Å²) in [5.74, 6) is -0.405. The van der Waals surface area contributed by atoms with Crippen molar-refractivity contribution in [3.8, 4) is 5.75 Å². The first-order chi connectivity index (χ1) is 19.0. The van der Waals surface area contributed by atoms with E-state index in [1.54, 1.807) is 49.4 Å². The van der Waals surface area contributed by atoms with Gasteiger partial charge in [0.15, 0.2) is 0 Å². The molecule has 0 bridgehead atoms. The summed E-state index contributed by atoms with van der Waals surface area (Å²) in [6.07, 6.45) is 1.22. The highest BCUT2D eigenvalue weighted by atomic mass is 35.5. The monoisotopic (exact) mass is 605 g/mol. The zero-order valence-electron chi connectivity index (χ0n) is 22.6. The third-order valence-corrected chi connectivity index (χ3v) is 7.98. The zero-order chi connectivity index (χ0) is 29.3. The second-order valence-electron chi connectivity index (χ2n) is 9.02. The zero-order valence-corrected chi connectivity index (χ0v) is 25.0. The molecule has 0 spiro atoms. The van der Waals surface area contributed by atoms with Crippen LogP contribution in [0.2, 0.25) is 10.0 Å². The van der Waals surface area contributed by atoms with Crippen molar-refractivity contribution in [2.45, 2.75) is 32.9 Å². The van der Waals surface area contributed by atoms with E-state index in [1.807, 2.05) is 37.3 Å². The van der Waals surface area contributed by atoms with Crippen LogP contribution in [-0.4, -0.2) is 57.1 Å². The number of nitrogens with one attached hydrogen (secondary N) is 1. The molecule has 40 heavy (non-hydrogen) atoms. The van der Waals surface area contributed by atoms with Crippen LogP contribution in [0.3, 0.4) is 0 Å². The number of rotatable bonds is 13. The molecule has 11 heteroatoms. The second kappa shape index (κ2) is 14.4. The Morgan fingerprint density at radius 2 is 1.55 bits per heavy atom. The smallest absolute Gasteiger partial charge is 0.244 e. The molecule has 0 fully saturated rings. The van der Waals surface area contributed by atoms with Crippen molar-refractivity contribution in [2.75, 3.05) is 30.3 Å². The molecule has 0 aliphatic heterocycles. The molecule has 1 atom stereocenters. The summed E-state index contributed by atoms with van der Waals surface area (Å²) in [5, 5.41) is 3.46. The van der Waals surface area contributed by atoms with E-state index in [2.05, 4.69) is 5.32 Å². The van der Waals surface area contributed by atoms with E-state index < -0.39 is 28.5 Å². The number of amides is 2. The van der Waals surface area contributed by atoms with Crippen LogP contribution in [0.4, 0.5) is 5.69 Å². The fourth-order valence-electron chi connectivity index (χ4n) is 4.19. The molecule has 0 heterocycles. The topological polar surface area (TPSA) is 96.0 Å². The third-order valence-electron chi connectivity index (χ3n) is 6.13. The summed E-state index contributed by atoms with van der Waals surface area (Å²) >= 11 is 12.9. The number of ether oxygens (including phenoxy) is 1. The quantitative estimate of drug-likeness (QED) is 0.298. The van der Waals surface area contributed by atoms with Crippen molar-refractivity contribution in [1.82, 2.24) is 10.2 Å². The second-order valence-corrected chi connectivity index (χ2v) is 11.7. The van der Waals surface area contributed by atoms with E-state index >= 15 is 0 Å². The molecule has 3 aromatic carbocycles. The van der Waals surface area contributed by atoms with Gasteiger partial charge < -0.3 is 15.0 Å². The first-order valence-electron chi connectivity index (χ1n) is 12.8. The lowest BCUT2D eigenvalue weighted by Crippen LogP contribution is -2.53. The normalized spacial score (nSPS) is 11.9. The SMILES string of the molecule is CCNC(=O)[C@H](Cc1ccccc1)N(Cc1c(Cl)cccc1Cl)C(=O)CN(c1ccc(OCC)cc1)S(C)(=O)=O. The maximum Gasteiger partial charge on any atom is 0.244 e. The maximum atomic E-state index is 14.0. The van der Waals surface area contributed by atoms with Crippen molar-refractivity contribution >= 4 is 50.7 Å². The van der Waals surface area contributed by atoms with E-state index in [0.29, 0.717) is 34.5 Å². The lowest BCUT2D eigenvalue weighted by atomic mass is 10.0. The van der Waals surface area contributed by atoms with Crippen molar-refractivity contribution in [3.05, 3.63) is 94.0 Å². The van der Waals surface area contributed by atoms with Gasteiger partial charge in [0.2, 0.25) is 21.8 Å². The molecule has 0 aliphatic rings. The molecule has 3 aromatic rings. The number of likely N-dealkylation sites (N-methyl/N-ethyl adjacent to an activating group) is 1. The summed E-state index contributed by atoms with van der Waals surface area (Å²) in [5.41, 5.74) is 1.56. The standard InChI is InChI=1S/C29H33Cl2N3O5S/c1-4-32-29(36)27(18-21-10-7-6-8-11-21)33(19-24-25(30)12-9-13-26(24)31)28(35)20-34(40(3,37)38)22-14-16-23(17-15-22)39-5-2/h6-17,27H,4-5,18-20H2,1-3H3,(H,32,36)/t27-/m0/s1. The number of anilines is 1. The Kier molecular flexibility index (Phi) is 11.2. The lowest BCUT2D eigenvalue weighted by Gasteiger charge is -2.33. The molecule has 0 unspecified atom stereocenters. The molecule has 0 aromatic heterocycles. The van der Waals surface area contributed by atoms with E-state index in [-0.39, 0.29) is 24.6 Å². The van der Waals surface area contributed by atoms with Gasteiger partial charge >= 0.3 is 0 Å². The number of hydrogen-bond acceptors (Lipinski definition) is 5. The molecule has 0 radical (unpaired) electrons. The summed E-state index contributed by atoms with van der Waals surface area (Å²) < 4.78 is 32.2. The van der Waals surface area contributed by atoms with E-state index in [0.717, 1.165) is 16.1 Å². The van der Waals surface area contributed by atoms with Crippen LogP contribution < -0.4 is 14.4 Å². The van der Waals surface area contributed by atoms with Gasteiger partial charge in [0.05, 0.1) is 18.6 Å². The minimum Gasteiger partial charge on any atom is -0.494 e. The molecule has 214 valence electrons. The fraction of sp³-hybridized carbons (Fsp3) is 0.310. The van der Waals surface area contributed by atoms with Crippen LogP contribution in [0.5, 0.6) is 5.75 Å². The average Bonchev–Trinajstić information content (AvgIpc) is 2.91. The van der Waals surface area contributed by atoms with Crippen molar-refractivity contribution < 1.29 is 22.7 Å². The van der Waals surface area contributed by atoms with Crippen LogP contribution in [0.15, 0.2) is 72.8 Å². The van der Waals surface area contributed by atoms with Gasteiger partial charge in [-0.25, -0.2) is 8.42 Å². The first kappa shape index (κ1) is 31.3. The Bertz CT molecular complexity index is 1380. The minimum atomic E-state index is -3.88. The molecular weight excluding hydrogens is 573 g/mol. The van der Waals surface area contributed by atoms with Crippen LogP contribution >= 0.6 is 23.2 Å². The largest absolute Gasteiger partial charge is 0.494 e. The lowest BCUT2D eigenvalue weighted by molar-refractivity contribution is -0.140. The van der Waals surface area contributed by atoms with Gasteiger partial charge in [-0.2, -0.15) is 0 Å². The van der Waals surface area contributed by atoms with Crippen molar-refractivity contribution in [2.24, 2.45) is 0 Å². The molecule has 2 amide bonds. The van der Waals surface area contributed by atoms with Gasteiger partial charge in [0.1, 0.15) is 18.3 Å². The summed E-state index contributed by atoms with van der Waals surface area (Å²) in [7, 11) is -3.88. The Morgan fingerprint density at radius 3 is 2.10 bits per heavy atom. The number of nitrogens with zero attached hydrogens (tertiary/aromatic N) is 2. The van der Waals surface area contributed by atoms with Gasteiger partial charge in [0.25, 0.3) is 0 Å². The third kappa shape index (κ3) is 8.36. The number of benzene rings is 3. The predicted octanol–water partition coefficient (Wildman–Crippen LogP) is 4.93. The highest BCUT2D eigenvalue weighted by Gasteiger charge is 2.33. The van der Waals surface area contributed by atoms with E-state index in [1.165, 1.54) is 4.90 Å². The maximum absolute atomic E-state index is 14.0. The van der Waals surface area contributed by atoms with Crippen LogP contribution in [0.25, 0.3) is 0 Å². The first-order valence-corrected chi connectivity index (χ1v) is 15.4. The van der Waals surface area contributed by atoms with Gasteiger partial charge in [-0.3, -0.25) is 13.9 Å². The highest BCUT2D eigenvalue weighted by molar-refractivity contribution is 7.92. The van der Waals surface area contributed by atoms with E-state index in [4.69, 9.17) is 27.9 Å². The van der Waals surface area contributed by atoms with Crippen molar-refractivity contribution in [3.63, 3.8) is 0 Å². The Hall–Kier alpha value is -3.27. The van der Waals surface area contributed by atoms with Gasteiger partial charge in [-0.1, -0.05) is 59.6 Å². The van der Waals surface area contributed by atoms with Gasteiger partial charge in [-0.05, 0) is 55.8 Å². The Morgan fingerprint density at radius 1 is 0.925 bits per heavy atom. The summed E-state index contributed by atoms with van der Waals surface area (Å²) in [6, 6.07) is 19.7. The predicted molar refractivity (Wildman–Crippen MR) is 159 cm³/mol. The Balaban J connectivity index is 2.06. The van der Waals surface area contributed by atoms with Crippen LogP contribution in [-0.2, 0) is 32.6 Å². The van der Waals surface area contributed by atoms with Crippen molar-refractivity contribution in [1.29, 1.82) is 0 Å². The molecule has 1 N–H and O–H groups in total. The minimum absolute atomic E-state index is 0.104. The molecule has 0 aliphatic carbocycles. The summed E-state index contributed by atoms with van der Waals surface area (Å²) in [4.78, 5) is 28.8. The number of carbonyl (C=O) groups excluding carboxylic acids is 2. The highest BCUT2D eigenvalue weighted by Crippen LogP contribution is 2.28. The summed E-state index contributed by atoms with van der Waals surface area (Å²) in [6.45, 7) is 3.78. The van der Waals surface area contributed by atoms with Gasteiger partial charge in [0, 0.05) is 35.1 Å². The fourth-order valence-corrected chi connectivity index (χ4v) is 5.56. The number of carbonyl (C=O) groups is 2. The molecule has 3 rings (SSSR count). The molecule has 0 saturated carbocycles. The van der Waals surface area contributed by atoms with Crippen LogP contribution in [0, 0.1) is 0 Å². The van der Waals surface area contributed by atoms with E-state index in [9.17, 15) is 18.0 Å². The van der Waals surface area contributed by atoms with Gasteiger partial charge in [-0.15, -0.1) is 0 Å². The Labute approximate surface area is 245 Å². The number of hydrogen-bond donors (Lipinski definition) is 1. The average molecular weight is 607 g/mol. The van der Waals surface area contributed by atoms with Crippen LogP contribution in [0.1, 0.15) is 25.0 Å². The number of sulfonamides is 1.